The zero-order valence-electron chi connectivity index (χ0n) is 11.3. The van der Waals surface area contributed by atoms with Crippen LogP contribution in [0.25, 0.3) is 11.3 Å². The van der Waals surface area contributed by atoms with Gasteiger partial charge in [0.2, 0.25) is 5.13 Å². The Morgan fingerprint density at radius 3 is 2.77 bits per heavy atom. The molecule has 8 heteroatoms. The first-order valence-electron chi connectivity index (χ1n) is 6.19. The molecule has 2 heterocycles. The van der Waals surface area contributed by atoms with E-state index in [4.69, 9.17) is 27.6 Å². The summed E-state index contributed by atoms with van der Waals surface area (Å²) in [5.41, 5.74) is 0.625. The number of aromatic nitrogens is 2. The average Bonchev–Trinajstić information content (AvgIpc) is 3.11. The van der Waals surface area contributed by atoms with Crippen molar-refractivity contribution in [2.75, 3.05) is 5.32 Å². The third-order valence-corrected chi connectivity index (χ3v) is 4.09. The number of benzene rings is 1. The van der Waals surface area contributed by atoms with Gasteiger partial charge in [-0.3, -0.25) is 10.1 Å². The fourth-order valence-corrected chi connectivity index (χ4v) is 2.77. The van der Waals surface area contributed by atoms with Gasteiger partial charge >= 0.3 is 0 Å². The molecule has 0 spiro atoms. The minimum absolute atomic E-state index is 0.152. The quantitative estimate of drug-likeness (QED) is 0.742. The monoisotopic (exact) mass is 353 g/mol. The number of nitrogens with one attached hydrogen (secondary N) is 1. The maximum absolute atomic E-state index is 12.1. The number of hydrogen-bond donors (Lipinski definition) is 1. The molecule has 3 rings (SSSR count). The minimum Gasteiger partial charge on any atom is -0.451 e. The normalized spacial score (nSPS) is 10.7. The predicted octanol–water partition coefficient (Wildman–Crippen LogP) is 4.67. The molecule has 1 aromatic carbocycles. The molecule has 5 nitrogen and oxygen atoms in total. The van der Waals surface area contributed by atoms with Gasteiger partial charge in [-0.05, 0) is 37.3 Å². The van der Waals surface area contributed by atoms with Crippen molar-refractivity contribution in [3.63, 3.8) is 0 Å². The molecule has 0 unspecified atom stereocenters. The van der Waals surface area contributed by atoms with Crippen molar-refractivity contribution in [1.82, 2.24) is 10.2 Å². The molecule has 0 atom stereocenters. The van der Waals surface area contributed by atoms with Gasteiger partial charge in [-0.1, -0.05) is 34.5 Å². The van der Waals surface area contributed by atoms with Gasteiger partial charge in [-0.2, -0.15) is 0 Å². The number of amides is 1. The van der Waals surface area contributed by atoms with E-state index in [9.17, 15) is 4.79 Å². The first-order valence-corrected chi connectivity index (χ1v) is 7.77. The standard InChI is InChI=1S/C14H9Cl2N3O2S/c1-7-18-19-14(22-7)17-13(20)12-5-4-11(21-12)9-6-8(15)2-3-10(9)16/h2-6H,1H3,(H,17,19,20). The number of nitrogens with zero attached hydrogens (tertiary/aromatic N) is 2. The number of furan rings is 1. The molecule has 0 bridgehead atoms. The molecule has 0 fully saturated rings. The summed E-state index contributed by atoms with van der Waals surface area (Å²) in [7, 11) is 0. The topological polar surface area (TPSA) is 68.0 Å². The fraction of sp³-hybridized carbons (Fsp3) is 0.0714. The van der Waals surface area contributed by atoms with Gasteiger partial charge in [0.15, 0.2) is 5.76 Å². The Morgan fingerprint density at radius 2 is 2.05 bits per heavy atom. The molecular formula is C14H9Cl2N3O2S. The molecule has 0 saturated carbocycles. The van der Waals surface area contributed by atoms with Gasteiger partial charge in [0, 0.05) is 10.6 Å². The summed E-state index contributed by atoms with van der Waals surface area (Å²) in [6, 6.07) is 8.26. The third kappa shape index (κ3) is 3.14. The lowest BCUT2D eigenvalue weighted by molar-refractivity contribution is 0.0997. The highest BCUT2D eigenvalue weighted by Gasteiger charge is 2.15. The van der Waals surface area contributed by atoms with Crippen molar-refractivity contribution >= 4 is 45.6 Å². The molecule has 0 saturated heterocycles. The maximum atomic E-state index is 12.1. The van der Waals surface area contributed by atoms with Crippen LogP contribution in [0.4, 0.5) is 5.13 Å². The molecule has 22 heavy (non-hydrogen) atoms. The summed E-state index contributed by atoms with van der Waals surface area (Å²) in [6.45, 7) is 1.81. The summed E-state index contributed by atoms with van der Waals surface area (Å²) in [5, 5.41) is 12.5. The molecular weight excluding hydrogens is 345 g/mol. The summed E-state index contributed by atoms with van der Waals surface area (Å²) >= 11 is 13.4. The smallest absolute Gasteiger partial charge is 0.293 e. The molecule has 112 valence electrons. The van der Waals surface area contributed by atoms with Crippen LogP contribution in [0, 0.1) is 6.92 Å². The van der Waals surface area contributed by atoms with E-state index in [-0.39, 0.29) is 5.76 Å². The molecule has 1 N–H and O–H groups in total. The Balaban J connectivity index is 1.84. The number of carbonyl (C=O) groups excluding carboxylic acids is 1. The lowest BCUT2D eigenvalue weighted by Gasteiger charge is -2.01. The van der Waals surface area contributed by atoms with Crippen molar-refractivity contribution in [2.24, 2.45) is 0 Å². The molecule has 2 aromatic heterocycles. The Bertz CT molecular complexity index is 844. The molecule has 0 aliphatic carbocycles. The second-order valence-corrected chi connectivity index (χ2v) is 6.39. The number of rotatable bonds is 3. The van der Waals surface area contributed by atoms with Crippen molar-refractivity contribution in [2.45, 2.75) is 6.92 Å². The lowest BCUT2D eigenvalue weighted by atomic mass is 10.2. The highest BCUT2D eigenvalue weighted by molar-refractivity contribution is 7.15. The Labute approximate surface area is 139 Å². The highest BCUT2D eigenvalue weighted by Crippen LogP contribution is 2.32. The van der Waals surface area contributed by atoms with E-state index >= 15 is 0 Å². The van der Waals surface area contributed by atoms with Gasteiger partial charge in [-0.15, -0.1) is 10.2 Å². The fourth-order valence-electron chi connectivity index (χ4n) is 1.80. The van der Waals surface area contributed by atoms with E-state index in [2.05, 4.69) is 15.5 Å². The number of anilines is 1. The lowest BCUT2D eigenvalue weighted by Crippen LogP contribution is -2.10. The van der Waals surface area contributed by atoms with E-state index in [0.717, 1.165) is 5.01 Å². The summed E-state index contributed by atoms with van der Waals surface area (Å²) in [6.07, 6.45) is 0. The van der Waals surface area contributed by atoms with E-state index < -0.39 is 5.91 Å². The third-order valence-electron chi connectivity index (χ3n) is 2.77. The van der Waals surface area contributed by atoms with Crippen LogP contribution in [0.1, 0.15) is 15.6 Å². The number of halogens is 2. The predicted molar refractivity (Wildman–Crippen MR) is 86.8 cm³/mol. The van der Waals surface area contributed by atoms with Gasteiger partial charge in [0.1, 0.15) is 10.8 Å². The summed E-state index contributed by atoms with van der Waals surface area (Å²) in [4.78, 5) is 12.1. The van der Waals surface area contributed by atoms with Crippen LogP contribution in [0.3, 0.4) is 0 Å². The van der Waals surface area contributed by atoms with Crippen molar-refractivity contribution in [3.05, 3.63) is 51.1 Å². The summed E-state index contributed by atoms with van der Waals surface area (Å²) < 4.78 is 5.55. The van der Waals surface area contributed by atoms with Crippen LogP contribution in [-0.4, -0.2) is 16.1 Å². The van der Waals surface area contributed by atoms with Gasteiger partial charge in [0.05, 0.1) is 5.02 Å². The van der Waals surface area contributed by atoms with Crippen LogP contribution in [0.2, 0.25) is 10.0 Å². The first-order chi connectivity index (χ1) is 10.5. The Hall–Kier alpha value is -1.89. The SMILES string of the molecule is Cc1nnc(NC(=O)c2ccc(-c3cc(Cl)ccc3Cl)o2)s1. The summed E-state index contributed by atoms with van der Waals surface area (Å²) in [5.74, 6) is 0.213. The molecule has 0 aliphatic rings. The van der Waals surface area contributed by atoms with Crippen LogP contribution < -0.4 is 5.32 Å². The molecule has 0 radical (unpaired) electrons. The molecule has 3 aromatic rings. The molecule has 1 amide bonds. The zero-order valence-corrected chi connectivity index (χ0v) is 13.6. The van der Waals surface area contributed by atoms with E-state index in [1.807, 2.05) is 0 Å². The first kappa shape index (κ1) is 15.0. The van der Waals surface area contributed by atoms with Crippen LogP contribution in [-0.2, 0) is 0 Å². The van der Waals surface area contributed by atoms with Gasteiger partial charge < -0.3 is 4.42 Å². The average molecular weight is 354 g/mol. The van der Waals surface area contributed by atoms with Crippen molar-refractivity contribution in [3.8, 4) is 11.3 Å². The van der Waals surface area contributed by atoms with Crippen molar-refractivity contribution < 1.29 is 9.21 Å². The second kappa shape index (κ2) is 6.08. The maximum Gasteiger partial charge on any atom is 0.293 e. The highest BCUT2D eigenvalue weighted by atomic mass is 35.5. The molecule has 0 aliphatic heterocycles. The van der Waals surface area contributed by atoms with E-state index in [1.165, 1.54) is 11.3 Å². The van der Waals surface area contributed by atoms with Crippen LogP contribution in [0.5, 0.6) is 0 Å². The minimum atomic E-state index is -0.402. The second-order valence-electron chi connectivity index (χ2n) is 4.37. The van der Waals surface area contributed by atoms with E-state index in [1.54, 1.807) is 37.3 Å². The van der Waals surface area contributed by atoms with Gasteiger partial charge in [-0.25, -0.2) is 0 Å². The number of carbonyl (C=O) groups is 1. The number of aryl methyl sites for hydroxylation is 1. The van der Waals surface area contributed by atoms with Crippen LogP contribution in [0.15, 0.2) is 34.7 Å². The Morgan fingerprint density at radius 1 is 1.23 bits per heavy atom. The van der Waals surface area contributed by atoms with Crippen LogP contribution >= 0.6 is 34.5 Å². The van der Waals surface area contributed by atoms with Gasteiger partial charge in [0.25, 0.3) is 5.91 Å². The van der Waals surface area contributed by atoms with E-state index in [0.29, 0.717) is 26.5 Å². The van der Waals surface area contributed by atoms with Crippen molar-refractivity contribution in [1.29, 1.82) is 0 Å². The Kier molecular flexibility index (Phi) is 4.15. The zero-order chi connectivity index (χ0) is 15.7. The number of hydrogen-bond acceptors (Lipinski definition) is 5. The largest absolute Gasteiger partial charge is 0.451 e.